The summed E-state index contributed by atoms with van der Waals surface area (Å²) in [6.07, 6.45) is 5.45. The Balaban J connectivity index is 1.10. The number of nitrogens with one attached hydrogen (secondary N) is 3. The number of likely N-dealkylation sites (tertiary alicyclic amines) is 1. The summed E-state index contributed by atoms with van der Waals surface area (Å²) in [4.78, 5) is 32.8. The lowest BCUT2D eigenvalue weighted by Crippen LogP contribution is -2.47. The van der Waals surface area contributed by atoms with Crippen LogP contribution in [-0.4, -0.2) is 59.1 Å². The Bertz CT molecular complexity index is 1560. The highest BCUT2D eigenvalue weighted by Gasteiger charge is 2.48. The van der Waals surface area contributed by atoms with Gasteiger partial charge >= 0.3 is 0 Å². The average Bonchev–Trinajstić information content (AvgIpc) is 3.69. The Kier molecular flexibility index (Phi) is 7.95. The molecule has 1 fully saturated rings. The van der Waals surface area contributed by atoms with Crippen LogP contribution in [0, 0.1) is 0 Å². The minimum atomic E-state index is -0.691. The number of aromatic amines is 1. The van der Waals surface area contributed by atoms with Crippen molar-refractivity contribution in [1.82, 2.24) is 20.5 Å². The van der Waals surface area contributed by atoms with Gasteiger partial charge in [-0.1, -0.05) is 87.0 Å². The number of para-hydroxylation sites is 1. The zero-order valence-electron chi connectivity index (χ0n) is 24.6. The summed E-state index contributed by atoms with van der Waals surface area (Å²) in [7, 11) is 2.84. The van der Waals surface area contributed by atoms with Crippen LogP contribution in [0.15, 0.2) is 79.0 Å². The van der Waals surface area contributed by atoms with E-state index in [4.69, 9.17) is 0 Å². The third-order valence-corrected chi connectivity index (χ3v) is 9.08. The minimum absolute atomic E-state index is 0.0144. The molecule has 2 unspecified atom stereocenters. The molecule has 4 aromatic rings. The Morgan fingerprint density at radius 3 is 2.36 bits per heavy atom. The summed E-state index contributed by atoms with van der Waals surface area (Å²) < 4.78 is 0. The Morgan fingerprint density at radius 1 is 0.976 bits per heavy atom. The Morgan fingerprint density at radius 2 is 1.64 bits per heavy atom. The highest BCUT2D eigenvalue weighted by Crippen LogP contribution is 2.51. The van der Waals surface area contributed by atoms with Crippen molar-refractivity contribution in [2.75, 3.05) is 26.2 Å². The monoisotopic (exact) mass is 580 g/mol. The van der Waals surface area contributed by atoms with Crippen molar-refractivity contribution in [3.05, 3.63) is 95.7 Å². The summed E-state index contributed by atoms with van der Waals surface area (Å²) in [6.45, 7) is 7.62. The fourth-order valence-corrected chi connectivity index (χ4v) is 6.92. The van der Waals surface area contributed by atoms with Gasteiger partial charge in [0.05, 0.1) is 5.56 Å². The van der Waals surface area contributed by atoms with Crippen molar-refractivity contribution in [3.8, 4) is 11.1 Å². The summed E-state index contributed by atoms with van der Waals surface area (Å²) in [5, 5.41) is 7.43. The van der Waals surface area contributed by atoms with Crippen molar-refractivity contribution < 1.29 is 9.59 Å². The van der Waals surface area contributed by atoms with Crippen molar-refractivity contribution in [1.29, 1.82) is 0 Å². The van der Waals surface area contributed by atoms with Crippen molar-refractivity contribution in [2.24, 2.45) is 0 Å². The molecule has 0 radical (unpaired) electrons. The second-order valence-electron chi connectivity index (χ2n) is 12.6. The van der Waals surface area contributed by atoms with Crippen LogP contribution in [0.25, 0.3) is 22.0 Å². The lowest BCUT2D eigenvalue weighted by atomic mass is 9.73. The molecule has 218 valence electrons. The van der Waals surface area contributed by atoms with E-state index in [0.717, 1.165) is 67.3 Å². The number of fused-ring (bicyclic) bond motifs is 4. The molecule has 7 heteroatoms. The van der Waals surface area contributed by atoms with E-state index in [1.807, 2.05) is 24.3 Å². The van der Waals surface area contributed by atoms with Gasteiger partial charge in [0.1, 0.15) is 5.41 Å². The van der Waals surface area contributed by atoms with Crippen LogP contribution in [0.5, 0.6) is 0 Å². The number of rotatable bonds is 10. The van der Waals surface area contributed by atoms with Crippen LogP contribution < -0.4 is 10.6 Å². The topological polar surface area (TPSA) is 77.2 Å². The van der Waals surface area contributed by atoms with Gasteiger partial charge in [0.2, 0.25) is 5.91 Å². The van der Waals surface area contributed by atoms with Gasteiger partial charge in [-0.25, -0.2) is 0 Å². The Labute approximate surface area is 250 Å². The van der Waals surface area contributed by atoms with Gasteiger partial charge in [0.15, 0.2) is 0 Å². The quantitative estimate of drug-likeness (QED) is 0.162. The van der Waals surface area contributed by atoms with E-state index in [1.54, 1.807) is 6.20 Å². The van der Waals surface area contributed by atoms with Crippen molar-refractivity contribution >= 4 is 32.0 Å². The maximum Gasteiger partial charge on any atom is 0.253 e. The molecule has 2 atom stereocenters. The van der Waals surface area contributed by atoms with Gasteiger partial charge in [-0.15, -0.1) is 9.24 Å². The molecule has 1 aliphatic carbocycles. The molecule has 2 heterocycles. The second-order valence-corrected chi connectivity index (χ2v) is 14.2. The first-order valence-electron chi connectivity index (χ1n) is 15.1. The molecule has 42 heavy (non-hydrogen) atoms. The highest BCUT2D eigenvalue weighted by molar-refractivity contribution is 7.18. The maximum absolute atomic E-state index is 14.1. The lowest BCUT2D eigenvalue weighted by molar-refractivity contribution is -0.125. The van der Waals surface area contributed by atoms with E-state index in [-0.39, 0.29) is 23.0 Å². The Hall–Kier alpha value is -3.47. The van der Waals surface area contributed by atoms with E-state index >= 15 is 0 Å². The lowest BCUT2D eigenvalue weighted by Gasteiger charge is -2.32. The van der Waals surface area contributed by atoms with Gasteiger partial charge in [0.25, 0.3) is 5.91 Å². The first-order chi connectivity index (χ1) is 20.3. The number of nitrogens with zero attached hydrogens (tertiary/aromatic N) is 1. The first-order valence-corrected chi connectivity index (χ1v) is 15.7. The number of H-pyrrole nitrogens is 1. The average molecular weight is 581 g/mol. The van der Waals surface area contributed by atoms with Gasteiger partial charge in [0, 0.05) is 42.8 Å². The number of carbonyl (C=O) groups is 2. The number of carbonyl (C=O) groups excluding carboxylic acids is 2. The van der Waals surface area contributed by atoms with E-state index < -0.39 is 5.41 Å². The number of aromatic nitrogens is 1. The minimum Gasteiger partial charge on any atom is -0.360 e. The highest BCUT2D eigenvalue weighted by atomic mass is 31.0. The molecular weight excluding hydrogens is 539 g/mol. The molecule has 6 rings (SSSR count). The molecule has 6 nitrogen and oxygen atoms in total. The molecule has 1 aromatic heterocycles. The summed E-state index contributed by atoms with van der Waals surface area (Å²) in [6, 6.07) is 24.9. The third-order valence-electron chi connectivity index (χ3n) is 8.87. The van der Waals surface area contributed by atoms with Gasteiger partial charge in [-0.3, -0.25) is 9.59 Å². The summed E-state index contributed by atoms with van der Waals surface area (Å²) >= 11 is 0. The number of hydrogen-bond donors (Lipinski definition) is 3. The van der Waals surface area contributed by atoms with Gasteiger partial charge in [-0.2, -0.15) is 0 Å². The molecule has 0 bridgehead atoms. The second kappa shape index (κ2) is 11.7. The van der Waals surface area contributed by atoms with Crippen molar-refractivity contribution in [3.63, 3.8) is 0 Å². The number of unbranched alkanes of at least 4 members (excludes halogenated alkanes) is 1. The van der Waals surface area contributed by atoms with Crippen molar-refractivity contribution in [2.45, 2.75) is 56.1 Å². The van der Waals surface area contributed by atoms with E-state index in [0.29, 0.717) is 12.1 Å². The molecule has 0 saturated carbocycles. The molecular formula is C35H41N4O2P. The zero-order chi connectivity index (χ0) is 29.3. The SMILES string of the molecule is CC(C)(P)CNC(=O)C1(CCCCN2CCC(NC(=O)c3c[nH]c4ccccc34)C2)c2ccccc2-c2ccccc21. The maximum atomic E-state index is 14.1. The third kappa shape index (κ3) is 5.50. The van der Waals surface area contributed by atoms with Crippen LogP contribution in [0.4, 0.5) is 0 Å². The zero-order valence-corrected chi connectivity index (χ0v) is 25.7. The molecule has 3 aromatic carbocycles. The molecule has 0 spiro atoms. The van der Waals surface area contributed by atoms with Crippen LogP contribution in [0.3, 0.4) is 0 Å². The molecule has 1 aliphatic heterocycles. The largest absolute Gasteiger partial charge is 0.360 e. The fraction of sp³-hybridized carbons (Fsp3) is 0.371. The molecule has 1 saturated heterocycles. The van der Waals surface area contributed by atoms with Gasteiger partial charge < -0.3 is 20.5 Å². The van der Waals surface area contributed by atoms with Gasteiger partial charge in [-0.05, 0) is 59.3 Å². The standard InChI is InChI=1S/C35H41N4O2P/c1-34(2,42)23-37-33(41)35(29-14-6-3-11-25(29)26-12-4-7-15-30(26)35)18-9-10-19-39-20-17-24(22-39)38-32(40)28-21-36-31-16-8-5-13-27(28)31/h3-8,11-16,21,24,36H,9-10,17-20,22-23,42H2,1-2H3,(H,37,41)(H,38,40). The predicted molar refractivity (Wildman–Crippen MR) is 174 cm³/mol. The molecule has 3 N–H and O–H groups in total. The molecule has 2 aliphatic rings. The van der Waals surface area contributed by atoms with Crippen LogP contribution in [0.1, 0.15) is 61.0 Å². The van der Waals surface area contributed by atoms with Crippen LogP contribution in [-0.2, 0) is 10.2 Å². The van der Waals surface area contributed by atoms with E-state index in [1.165, 1.54) is 11.1 Å². The number of amides is 2. The number of hydrogen-bond acceptors (Lipinski definition) is 3. The fourth-order valence-electron chi connectivity index (χ4n) is 6.81. The predicted octanol–water partition coefficient (Wildman–Crippen LogP) is 5.88. The number of benzene rings is 3. The first kappa shape index (κ1) is 28.6. The van der Waals surface area contributed by atoms with Crippen LogP contribution >= 0.6 is 9.24 Å². The normalized spacial score (nSPS) is 17.6. The van der Waals surface area contributed by atoms with E-state index in [9.17, 15) is 9.59 Å². The molecule has 2 amide bonds. The smallest absolute Gasteiger partial charge is 0.253 e. The van der Waals surface area contributed by atoms with E-state index in [2.05, 4.69) is 92.1 Å². The summed E-state index contributed by atoms with van der Waals surface area (Å²) in [5.41, 5.74) is 5.56. The van der Waals surface area contributed by atoms with Crippen LogP contribution in [0.2, 0.25) is 0 Å². The summed E-state index contributed by atoms with van der Waals surface area (Å²) in [5.74, 6) is 0.0797.